The van der Waals surface area contributed by atoms with E-state index in [9.17, 15) is 10.1 Å². The summed E-state index contributed by atoms with van der Waals surface area (Å²) in [4.78, 5) is 17.4. The summed E-state index contributed by atoms with van der Waals surface area (Å²) in [5.41, 5.74) is 1.84. The second-order valence-corrected chi connectivity index (χ2v) is 8.05. The van der Waals surface area contributed by atoms with E-state index in [1.54, 1.807) is 30.3 Å². The van der Waals surface area contributed by atoms with Crippen LogP contribution in [0.4, 0.5) is 0 Å². The predicted molar refractivity (Wildman–Crippen MR) is 113 cm³/mol. The van der Waals surface area contributed by atoms with Gasteiger partial charge in [-0.05, 0) is 43.0 Å². The van der Waals surface area contributed by atoms with Crippen molar-refractivity contribution in [3.8, 4) is 11.8 Å². The van der Waals surface area contributed by atoms with E-state index in [1.807, 2.05) is 32.0 Å². The first-order valence-electron chi connectivity index (χ1n) is 10.4. The van der Waals surface area contributed by atoms with Gasteiger partial charge < -0.3 is 14.6 Å². The fourth-order valence-electron chi connectivity index (χ4n) is 3.26. The fourth-order valence-corrected chi connectivity index (χ4v) is 3.26. The number of hydrogen-bond donors (Lipinski definition) is 1. The Bertz CT molecular complexity index is 1110. The topological polar surface area (TPSA) is 101 Å². The molecule has 1 aromatic heterocycles. The van der Waals surface area contributed by atoms with Gasteiger partial charge in [0.2, 0.25) is 5.89 Å². The van der Waals surface area contributed by atoms with E-state index in [4.69, 9.17) is 9.26 Å². The molecule has 1 unspecified atom stereocenters. The van der Waals surface area contributed by atoms with Crippen LogP contribution in [0.2, 0.25) is 0 Å². The van der Waals surface area contributed by atoms with E-state index in [2.05, 4.69) is 21.5 Å². The van der Waals surface area contributed by atoms with Crippen molar-refractivity contribution in [3.63, 3.8) is 0 Å². The predicted octanol–water partition coefficient (Wildman–Crippen LogP) is 4.52. The average molecular weight is 416 g/mol. The standard InChI is InChI=1S/C24H24N4O3/c1-15(2)21(24-27-22(28-31-24)16-10-11-16)26-23(29)17-8-5-9-20(12-17)30-14-19-7-4-3-6-18(19)13-25/h3-9,12,15-16,21H,10-11,14H2,1-2H3,(H,26,29). The number of hydrogen-bond acceptors (Lipinski definition) is 6. The summed E-state index contributed by atoms with van der Waals surface area (Å²) in [5.74, 6) is 1.94. The third-order valence-electron chi connectivity index (χ3n) is 5.25. The molecule has 0 bridgehead atoms. The normalized spacial score (nSPS) is 14.1. The molecule has 0 saturated heterocycles. The molecular formula is C24H24N4O3. The van der Waals surface area contributed by atoms with Gasteiger partial charge in [0.15, 0.2) is 5.82 Å². The number of carbonyl (C=O) groups is 1. The van der Waals surface area contributed by atoms with E-state index in [-0.39, 0.29) is 24.5 Å². The van der Waals surface area contributed by atoms with Crippen LogP contribution >= 0.6 is 0 Å². The summed E-state index contributed by atoms with van der Waals surface area (Å²) < 4.78 is 11.3. The molecule has 2 aromatic carbocycles. The van der Waals surface area contributed by atoms with E-state index in [0.717, 1.165) is 24.2 Å². The molecule has 31 heavy (non-hydrogen) atoms. The maximum absolute atomic E-state index is 12.9. The zero-order chi connectivity index (χ0) is 21.8. The monoisotopic (exact) mass is 416 g/mol. The fraction of sp³-hybridized carbons (Fsp3) is 0.333. The van der Waals surface area contributed by atoms with Crippen LogP contribution in [0, 0.1) is 17.2 Å². The van der Waals surface area contributed by atoms with Gasteiger partial charge in [-0.3, -0.25) is 4.79 Å². The lowest BCUT2D eigenvalue weighted by Crippen LogP contribution is -2.32. The summed E-state index contributed by atoms with van der Waals surface area (Å²) in [6.07, 6.45) is 2.17. The summed E-state index contributed by atoms with van der Waals surface area (Å²) in [6.45, 7) is 4.24. The molecule has 1 amide bonds. The highest BCUT2D eigenvalue weighted by Crippen LogP contribution is 2.38. The highest BCUT2D eigenvalue weighted by Gasteiger charge is 2.31. The average Bonchev–Trinajstić information content (AvgIpc) is 3.53. The molecule has 1 heterocycles. The van der Waals surface area contributed by atoms with Gasteiger partial charge in [-0.1, -0.05) is 43.3 Å². The Balaban J connectivity index is 1.44. The number of nitrogens with one attached hydrogen (secondary N) is 1. The van der Waals surface area contributed by atoms with Crippen molar-refractivity contribution in [2.75, 3.05) is 0 Å². The van der Waals surface area contributed by atoms with Crippen LogP contribution in [-0.4, -0.2) is 16.0 Å². The third kappa shape index (κ3) is 4.92. The zero-order valence-corrected chi connectivity index (χ0v) is 17.5. The maximum Gasteiger partial charge on any atom is 0.252 e. The molecule has 158 valence electrons. The van der Waals surface area contributed by atoms with Gasteiger partial charge in [-0.2, -0.15) is 10.2 Å². The number of benzene rings is 2. The Morgan fingerprint density at radius 3 is 2.81 bits per heavy atom. The Morgan fingerprint density at radius 1 is 1.26 bits per heavy atom. The smallest absolute Gasteiger partial charge is 0.252 e. The number of rotatable bonds is 8. The van der Waals surface area contributed by atoms with Gasteiger partial charge >= 0.3 is 0 Å². The summed E-state index contributed by atoms with van der Waals surface area (Å²) >= 11 is 0. The molecule has 1 atom stereocenters. The Morgan fingerprint density at radius 2 is 2.06 bits per heavy atom. The van der Waals surface area contributed by atoms with E-state index < -0.39 is 0 Å². The van der Waals surface area contributed by atoms with Crippen LogP contribution < -0.4 is 10.1 Å². The summed E-state index contributed by atoms with van der Waals surface area (Å²) in [5, 5.41) is 16.3. The van der Waals surface area contributed by atoms with Gasteiger partial charge in [-0.25, -0.2) is 0 Å². The van der Waals surface area contributed by atoms with Crippen molar-refractivity contribution in [2.24, 2.45) is 5.92 Å². The van der Waals surface area contributed by atoms with E-state index in [1.165, 1.54) is 0 Å². The molecule has 1 fully saturated rings. The first kappa shape index (κ1) is 20.6. The van der Waals surface area contributed by atoms with Crippen LogP contribution in [0.3, 0.4) is 0 Å². The van der Waals surface area contributed by atoms with Crippen molar-refractivity contribution >= 4 is 5.91 Å². The second-order valence-electron chi connectivity index (χ2n) is 8.05. The molecule has 7 heteroatoms. The van der Waals surface area contributed by atoms with Crippen molar-refractivity contribution < 1.29 is 14.1 Å². The molecule has 4 rings (SSSR count). The molecule has 0 radical (unpaired) electrons. The van der Waals surface area contributed by atoms with E-state index >= 15 is 0 Å². The maximum atomic E-state index is 12.9. The molecule has 0 aliphatic heterocycles. The molecule has 0 spiro atoms. The minimum absolute atomic E-state index is 0.0818. The Labute approximate surface area is 181 Å². The largest absolute Gasteiger partial charge is 0.489 e. The Kier molecular flexibility index (Phi) is 5.99. The van der Waals surface area contributed by atoms with Gasteiger partial charge in [0, 0.05) is 17.0 Å². The number of nitriles is 1. The first-order chi connectivity index (χ1) is 15.0. The minimum Gasteiger partial charge on any atom is -0.489 e. The number of nitrogens with zero attached hydrogens (tertiary/aromatic N) is 3. The third-order valence-corrected chi connectivity index (χ3v) is 5.25. The highest BCUT2D eigenvalue weighted by atomic mass is 16.5. The quantitative estimate of drug-likeness (QED) is 0.579. The van der Waals surface area contributed by atoms with Crippen molar-refractivity contribution in [1.29, 1.82) is 5.26 Å². The van der Waals surface area contributed by atoms with Crippen LogP contribution in [0.25, 0.3) is 0 Å². The molecule has 7 nitrogen and oxygen atoms in total. The number of amides is 1. The SMILES string of the molecule is CC(C)C(NC(=O)c1cccc(OCc2ccccc2C#N)c1)c1nc(C2CC2)no1. The number of aromatic nitrogens is 2. The highest BCUT2D eigenvalue weighted by molar-refractivity contribution is 5.94. The van der Waals surface area contributed by atoms with Crippen LogP contribution in [0.5, 0.6) is 5.75 Å². The lowest BCUT2D eigenvalue weighted by atomic mass is 10.0. The van der Waals surface area contributed by atoms with Gasteiger partial charge in [-0.15, -0.1) is 0 Å². The lowest BCUT2D eigenvalue weighted by Gasteiger charge is -2.18. The van der Waals surface area contributed by atoms with Crippen molar-refractivity contribution in [1.82, 2.24) is 15.5 Å². The number of carbonyl (C=O) groups excluding carboxylic acids is 1. The number of ether oxygens (including phenoxy) is 1. The summed E-state index contributed by atoms with van der Waals surface area (Å²) in [7, 11) is 0. The van der Waals surface area contributed by atoms with Crippen LogP contribution in [0.1, 0.15) is 71.8 Å². The molecule has 1 aliphatic carbocycles. The molecule has 1 aliphatic rings. The zero-order valence-electron chi connectivity index (χ0n) is 17.5. The Hall–Kier alpha value is -3.66. The van der Waals surface area contributed by atoms with Crippen LogP contribution in [0.15, 0.2) is 53.1 Å². The van der Waals surface area contributed by atoms with E-state index in [0.29, 0.717) is 28.7 Å². The van der Waals surface area contributed by atoms with Crippen molar-refractivity contribution in [3.05, 3.63) is 76.9 Å². The van der Waals surface area contributed by atoms with Crippen molar-refractivity contribution in [2.45, 2.75) is 45.3 Å². The van der Waals surface area contributed by atoms with Gasteiger partial charge in [0.1, 0.15) is 18.4 Å². The molecule has 3 aromatic rings. The molecule has 1 N–H and O–H groups in total. The molecular weight excluding hydrogens is 392 g/mol. The first-order valence-corrected chi connectivity index (χ1v) is 10.4. The van der Waals surface area contributed by atoms with Gasteiger partial charge in [0.25, 0.3) is 5.91 Å². The lowest BCUT2D eigenvalue weighted by molar-refractivity contribution is 0.0913. The van der Waals surface area contributed by atoms with Crippen LogP contribution in [-0.2, 0) is 6.61 Å². The van der Waals surface area contributed by atoms with Gasteiger partial charge in [0.05, 0.1) is 11.6 Å². The second kappa shape index (κ2) is 9.00. The minimum atomic E-state index is -0.375. The summed E-state index contributed by atoms with van der Waals surface area (Å²) in [6, 6.07) is 16.0. The molecule has 1 saturated carbocycles.